The Morgan fingerprint density at radius 3 is 2.94 bits per heavy atom. The van der Waals surface area contributed by atoms with Crippen LogP contribution in [0.25, 0.3) is 11.0 Å². The van der Waals surface area contributed by atoms with Gasteiger partial charge < -0.3 is 9.15 Å². The minimum absolute atomic E-state index is 0.0234. The van der Waals surface area contributed by atoms with Gasteiger partial charge in [0, 0.05) is 17.5 Å². The molecule has 0 saturated heterocycles. The number of fused-ring (bicyclic) bond motifs is 1. The summed E-state index contributed by atoms with van der Waals surface area (Å²) >= 11 is 0. The van der Waals surface area contributed by atoms with Gasteiger partial charge in [-0.25, -0.2) is 4.79 Å². The predicted molar refractivity (Wildman–Crippen MR) is 67.6 cm³/mol. The molecule has 0 fully saturated rings. The van der Waals surface area contributed by atoms with Crippen molar-refractivity contribution in [3.05, 3.63) is 40.2 Å². The Morgan fingerprint density at radius 2 is 2.22 bits per heavy atom. The maximum Gasteiger partial charge on any atom is 0.336 e. The van der Waals surface area contributed by atoms with Crippen molar-refractivity contribution >= 4 is 11.0 Å². The van der Waals surface area contributed by atoms with Crippen molar-refractivity contribution < 1.29 is 9.15 Å². The lowest BCUT2D eigenvalue weighted by atomic mass is 10.1. The van der Waals surface area contributed by atoms with Gasteiger partial charge in [-0.3, -0.25) is 0 Å². The molecule has 0 unspecified atom stereocenters. The third-order valence-corrected chi connectivity index (χ3v) is 2.62. The van der Waals surface area contributed by atoms with E-state index in [1.807, 2.05) is 12.1 Å². The quantitative estimate of drug-likeness (QED) is 0.774. The smallest absolute Gasteiger partial charge is 0.336 e. The Bertz CT molecular complexity index is 652. The molecule has 0 spiro atoms. The summed E-state index contributed by atoms with van der Waals surface area (Å²) in [6.07, 6.45) is 1.80. The summed E-state index contributed by atoms with van der Waals surface area (Å²) < 4.78 is 10.3. The van der Waals surface area contributed by atoms with Crippen LogP contribution in [0.2, 0.25) is 0 Å². The van der Waals surface area contributed by atoms with Crippen LogP contribution in [0.5, 0.6) is 5.75 Å². The monoisotopic (exact) mass is 243 g/mol. The van der Waals surface area contributed by atoms with E-state index in [1.54, 1.807) is 12.1 Å². The lowest BCUT2D eigenvalue weighted by Crippen LogP contribution is -2.01. The molecule has 0 saturated carbocycles. The Morgan fingerprint density at radius 1 is 1.39 bits per heavy atom. The van der Waals surface area contributed by atoms with Crippen LogP contribution >= 0.6 is 0 Å². The molecule has 0 amide bonds. The summed E-state index contributed by atoms with van der Waals surface area (Å²) in [5, 5.41) is 9.37. The van der Waals surface area contributed by atoms with Gasteiger partial charge >= 0.3 is 5.63 Å². The molecule has 2 aromatic rings. The van der Waals surface area contributed by atoms with Crippen LogP contribution in [0.3, 0.4) is 0 Å². The fourth-order valence-corrected chi connectivity index (χ4v) is 1.89. The van der Waals surface area contributed by atoms with E-state index < -0.39 is 0 Å². The van der Waals surface area contributed by atoms with Gasteiger partial charge in [-0.2, -0.15) is 5.26 Å². The number of hydrogen-bond donors (Lipinski definition) is 0. The Hall–Kier alpha value is -2.28. The molecular weight excluding hydrogens is 230 g/mol. The number of rotatable bonds is 4. The first-order valence-electron chi connectivity index (χ1n) is 5.81. The van der Waals surface area contributed by atoms with Crippen molar-refractivity contribution in [3.8, 4) is 11.8 Å². The number of nitrogens with zero attached hydrogens (tertiary/aromatic N) is 1. The molecule has 0 N–H and O–H groups in total. The fourth-order valence-electron chi connectivity index (χ4n) is 1.89. The Labute approximate surface area is 104 Å². The number of hydrogen-bond acceptors (Lipinski definition) is 4. The highest BCUT2D eigenvalue weighted by Crippen LogP contribution is 2.23. The van der Waals surface area contributed by atoms with E-state index in [9.17, 15) is 4.79 Å². The van der Waals surface area contributed by atoms with Crippen LogP contribution in [0.4, 0.5) is 0 Å². The van der Waals surface area contributed by atoms with Gasteiger partial charge in [-0.05, 0) is 24.1 Å². The molecule has 1 aromatic heterocycles. The second kappa shape index (κ2) is 5.37. The van der Waals surface area contributed by atoms with Crippen LogP contribution in [0, 0.1) is 11.3 Å². The average molecular weight is 243 g/mol. The van der Waals surface area contributed by atoms with E-state index in [1.165, 1.54) is 6.07 Å². The van der Waals surface area contributed by atoms with Gasteiger partial charge in [0.2, 0.25) is 0 Å². The van der Waals surface area contributed by atoms with Crippen molar-refractivity contribution in [3.63, 3.8) is 0 Å². The first kappa shape index (κ1) is 12.2. The highest BCUT2D eigenvalue weighted by Gasteiger charge is 2.06. The lowest BCUT2D eigenvalue weighted by molar-refractivity contribution is 0.368. The zero-order valence-electron chi connectivity index (χ0n) is 10.1. The van der Waals surface area contributed by atoms with Crippen LogP contribution in [-0.2, 0) is 6.42 Å². The minimum atomic E-state index is -0.358. The van der Waals surface area contributed by atoms with E-state index in [0.717, 1.165) is 23.8 Å². The largest absolute Gasteiger partial charge is 0.479 e. The number of ether oxygens (including phenoxy) is 1. The maximum atomic E-state index is 11.4. The van der Waals surface area contributed by atoms with Gasteiger partial charge in [0.15, 0.2) is 6.61 Å². The molecule has 1 aromatic carbocycles. The third kappa shape index (κ3) is 2.51. The highest BCUT2D eigenvalue weighted by molar-refractivity contribution is 5.81. The van der Waals surface area contributed by atoms with E-state index in [0.29, 0.717) is 11.3 Å². The third-order valence-electron chi connectivity index (χ3n) is 2.62. The summed E-state index contributed by atoms with van der Waals surface area (Å²) in [6, 6.07) is 8.70. The first-order valence-corrected chi connectivity index (χ1v) is 5.81. The van der Waals surface area contributed by atoms with Crippen LogP contribution in [-0.4, -0.2) is 6.61 Å². The molecule has 0 aliphatic carbocycles. The Kier molecular flexibility index (Phi) is 3.63. The standard InChI is InChI=1S/C14H13NO3/c1-2-3-10-8-14(16)18-13-9-11(17-7-6-15)4-5-12(10)13/h4-5,8-9H,2-3,7H2,1H3. The molecule has 0 radical (unpaired) electrons. The van der Waals surface area contributed by atoms with E-state index in [-0.39, 0.29) is 12.2 Å². The van der Waals surface area contributed by atoms with Gasteiger partial charge in [-0.1, -0.05) is 13.3 Å². The average Bonchev–Trinajstić information content (AvgIpc) is 2.36. The van der Waals surface area contributed by atoms with E-state index in [2.05, 4.69) is 6.92 Å². The molecule has 0 aliphatic heterocycles. The van der Waals surface area contributed by atoms with Crippen molar-refractivity contribution in [2.45, 2.75) is 19.8 Å². The summed E-state index contributed by atoms with van der Waals surface area (Å²) in [4.78, 5) is 11.4. The molecule has 0 aliphatic rings. The van der Waals surface area contributed by atoms with Gasteiger partial charge in [0.25, 0.3) is 0 Å². The predicted octanol–water partition coefficient (Wildman–Crippen LogP) is 2.65. The topological polar surface area (TPSA) is 63.2 Å². The van der Waals surface area contributed by atoms with E-state index in [4.69, 9.17) is 14.4 Å². The summed E-state index contributed by atoms with van der Waals surface area (Å²) in [6.45, 7) is 2.04. The molecular formula is C14H13NO3. The fraction of sp³-hybridized carbons (Fsp3) is 0.286. The summed E-state index contributed by atoms with van der Waals surface area (Å²) in [7, 11) is 0. The molecule has 92 valence electrons. The van der Waals surface area contributed by atoms with Gasteiger partial charge in [0.05, 0.1) is 0 Å². The van der Waals surface area contributed by atoms with Crippen molar-refractivity contribution in [1.29, 1.82) is 5.26 Å². The molecule has 0 bridgehead atoms. The van der Waals surface area contributed by atoms with Crippen molar-refractivity contribution in [2.24, 2.45) is 0 Å². The summed E-state index contributed by atoms with van der Waals surface area (Å²) in [5.74, 6) is 0.529. The van der Waals surface area contributed by atoms with Crippen LogP contribution in [0.15, 0.2) is 33.5 Å². The number of benzene rings is 1. The normalized spacial score (nSPS) is 10.2. The molecule has 18 heavy (non-hydrogen) atoms. The number of nitriles is 1. The molecule has 1 heterocycles. The van der Waals surface area contributed by atoms with Gasteiger partial charge in [0.1, 0.15) is 17.4 Å². The molecule has 0 atom stereocenters. The van der Waals surface area contributed by atoms with Crippen molar-refractivity contribution in [1.82, 2.24) is 0 Å². The highest BCUT2D eigenvalue weighted by atomic mass is 16.5. The SMILES string of the molecule is CCCc1cc(=O)oc2cc(OCC#N)ccc12. The summed E-state index contributed by atoms with van der Waals surface area (Å²) in [5.41, 5.74) is 1.13. The second-order valence-electron chi connectivity index (χ2n) is 3.95. The van der Waals surface area contributed by atoms with Crippen LogP contribution < -0.4 is 10.4 Å². The van der Waals surface area contributed by atoms with E-state index >= 15 is 0 Å². The minimum Gasteiger partial charge on any atom is -0.479 e. The molecule has 2 rings (SSSR count). The maximum absolute atomic E-state index is 11.4. The second-order valence-corrected chi connectivity index (χ2v) is 3.95. The zero-order chi connectivity index (χ0) is 13.0. The Balaban J connectivity index is 2.50. The van der Waals surface area contributed by atoms with Gasteiger partial charge in [-0.15, -0.1) is 0 Å². The molecule has 4 heteroatoms. The number of aryl methyl sites for hydroxylation is 1. The molecule has 4 nitrogen and oxygen atoms in total. The first-order chi connectivity index (χ1) is 8.74. The van der Waals surface area contributed by atoms with Crippen molar-refractivity contribution in [2.75, 3.05) is 6.61 Å². The zero-order valence-corrected chi connectivity index (χ0v) is 10.1. The van der Waals surface area contributed by atoms with Crippen LogP contribution in [0.1, 0.15) is 18.9 Å². The lowest BCUT2D eigenvalue weighted by Gasteiger charge is -2.06.